The van der Waals surface area contributed by atoms with Crippen LogP contribution in [-0.2, 0) is 34.5 Å². The van der Waals surface area contributed by atoms with E-state index in [2.05, 4.69) is 132 Å². The molecule has 212 valence electrons. The molecule has 1 aliphatic carbocycles. The lowest BCUT2D eigenvalue weighted by molar-refractivity contribution is 0.597. The van der Waals surface area contributed by atoms with E-state index in [1.807, 2.05) is 11.3 Å². The topological polar surface area (TPSA) is 31.6 Å². The summed E-state index contributed by atoms with van der Waals surface area (Å²) in [6.45, 7) is 19.4. The largest absolute Gasteiger partial charge is 0.361 e. The van der Waals surface area contributed by atoms with Crippen LogP contribution in [0.25, 0.3) is 5.30 Å². The van der Waals surface area contributed by atoms with Crippen molar-refractivity contribution in [2.45, 2.75) is 96.3 Å². The Kier molecular flexibility index (Phi) is 5.88. The standard InChI is InChI=1S/C37H43N2PS/c1-34(2)26-17-19-28(38-26)36(5,6)32-24-15-12-16-25(24)33(40(32)23-13-10-9-11-14-23)37(7,8)29-20-18-27(39-29)35(3,4)31-22-21-30(34)41-31/h9-11,13-14,17-22,38-39H,12,15-16H2,1-8H3. The van der Waals surface area contributed by atoms with Gasteiger partial charge in [-0.05, 0) is 138 Å². The molecule has 0 amide bonds. The molecule has 0 saturated heterocycles. The van der Waals surface area contributed by atoms with Gasteiger partial charge < -0.3 is 9.97 Å². The van der Waals surface area contributed by atoms with Crippen LogP contribution in [0.1, 0.15) is 116 Å². The molecule has 5 aromatic rings. The van der Waals surface area contributed by atoms with Crippen LogP contribution in [0, 0.1) is 0 Å². The molecular weight excluding hydrogens is 535 g/mol. The van der Waals surface area contributed by atoms with E-state index >= 15 is 0 Å². The second-order valence-electron chi connectivity index (χ2n) is 14.4. The van der Waals surface area contributed by atoms with E-state index < -0.39 is 7.53 Å². The minimum atomic E-state index is -0.664. The summed E-state index contributed by atoms with van der Waals surface area (Å²) in [5, 5.41) is 4.81. The Labute approximate surface area is 250 Å². The van der Waals surface area contributed by atoms with Gasteiger partial charge in [0.05, 0.1) is 0 Å². The number of hydrogen-bond acceptors (Lipinski definition) is 1. The molecule has 4 heteroatoms. The SMILES string of the molecule is CC1(C)c2ccc([nH]2)C(C)(C)c2c3c(c(p2-c2ccccc2)C(C)(C)c2ccc([nH]2)C(C)(C)c2ccc1s2)CCC3. The van der Waals surface area contributed by atoms with E-state index in [0.29, 0.717) is 0 Å². The highest BCUT2D eigenvalue weighted by Gasteiger charge is 2.43. The molecule has 8 bridgehead atoms. The summed E-state index contributed by atoms with van der Waals surface area (Å²) in [5.74, 6) is 0. The van der Waals surface area contributed by atoms with Gasteiger partial charge in [-0.1, -0.05) is 37.9 Å². The maximum Gasteiger partial charge on any atom is 0.0390 e. The first-order valence-corrected chi connectivity index (χ1v) is 17.3. The molecule has 41 heavy (non-hydrogen) atoms. The number of hydrogen-bond donors (Lipinski definition) is 2. The quantitative estimate of drug-likeness (QED) is 0.198. The second kappa shape index (κ2) is 8.88. The smallest absolute Gasteiger partial charge is 0.0390 e. The number of H-pyrrole nitrogens is 2. The van der Waals surface area contributed by atoms with Gasteiger partial charge in [-0.15, -0.1) is 11.3 Å². The van der Waals surface area contributed by atoms with Crippen LogP contribution in [0.2, 0.25) is 0 Å². The molecule has 0 saturated carbocycles. The first-order valence-electron chi connectivity index (χ1n) is 15.2. The monoisotopic (exact) mass is 578 g/mol. The highest BCUT2D eigenvalue weighted by molar-refractivity contribution is 7.59. The van der Waals surface area contributed by atoms with Crippen LogP contribution in [0.4, 0.5) is 0 Å². The van der Waals surface area contributed by atoms with Crippen LogP contribution in [0.3, 0.4) is 0 Å². The fourth-order valence-electron chi connectivity index (χ4n) is 7.58. The number of rotatable bonds is 1. The number of aromatic nitrogens is 2. The highest BCUT2D eigenvalue weighted by Crippen LogP contribution is 2.63. The third-order valence-electron chi connectivity index (χ3n) is 10.3. The number of thiophene rings is 1. The van der Waals surface area contributed by atoms with Gasteiger partial charge in [0.25, 0.3) is 0 Å². The molecule has 2 aliphatic rings. The molecule has 1 aliphatic heterocycles. The van der Waals surface area contributed by atoms with Gasteiger partial charge >= 0.3 is 0 Å². The van der Waals surface area contributed by atoms with Crippen molar-refractivity contribution in [3.63, 3.8) is 0 Å². The van der Waals surface area contributed by atoms with Crippen molar-refractivity contribution in [3.05, 3.63) is 121 Å². The Morgan fingerprint density at radius 3 is 1.39 bits per heavy atom. The molecule has 0 spiro atoms. The van der Waals surface area contributed by atoms with Crippen LogP contribution < -0.4 is 0 Å². The molecule has 4 aromatic heterocycles. The molecule has 0 unspecified atom stereocenters. The fraction of sp³-hybridized carbons (Fsp3) is 0.405. The lowest BCUT2D eigenvalue weighted by Gasteiger charge is -2.32. The average molecular weight is 579 g/mol. The number of aromatic amines is 2. The maximum absolute atomic E-state index is 4.01. The lowest BCUT2D eigenvalue weighted by Crippen LogP contribution is -2.23. The van der Waals surface area contributed by atoms with Gasteiger partial charge in [0.15, 0.2) is 0 Å². The predicted octanol–water partition coefficient (Wildman–Crippen LogP) is 10.5. The van der Waals surface area contributed by atoms with Crippen LogP contribution in [0.5, 0.6) is 0 Å². The minimum absolute atomic E-state index is 0.104. The summed E-state index contributed by atoms with van der Waals surface area (Å²) in [6, 6.07) is 25.6. The van der Waals surface area contributed by atoms with Crippen LogP contribution in [0.15, 0.2) is 66.7 Å². The summed E-state index contributed by atoms with van der Waals surface area (Å²) in [5.41, 5.74) is 8.15. The van der Waals surface area contributed by atoms with E-state index in [0.717, 1.165) is 0 Å². The Morgan fingerprint density at radius 2 is 0.951 bits per heavy atom. The molecule has 0 radical (unpaired) electrons. The highest BCUT2D eigenvalue weighted by atomic mass is 32.1. The Bertz CT molecular complexity index is 1660. The summed E-state index contributed by atoms with van der Waals surface area (Å²) in [7, 11) is -0.664. The van der Waals surface area contributed by atoms with Crippen molar-refractivity contribution in [2.24, 2.45) is 0 Å². The minimum Gasteiger partial charge on any atom is -0.361 e. The van der Waals surface area contributed by atoms with Gasteiger partial charge in [-0.2, -0.15) is 0 Å². The van der Waals surface area contributed by atoms with Crippen molar-refractivity contribution in [1.82, 2.24) is 9.97 Å². The molecular formula is C37H43N2PS. The third-order valence-corrected chi connectivity index (χ3v) is 15.4. The average Bonchev–Trinajstić information content (AvgIpc) is 3.75. The van der Waals surface area contributed by atoms with E-state index in [9.17, 15) is 0 Å². The second-order valence-corrected chi connectivity index (χ2v) is 17.6. The number of nitrogens with one attached hydrogen (secondary N) is 2. The Morgan fingerprint density at radius 1 is 0.537 bits per heavy atom. The predicted molar refractivity (Wildman–Crippen MR) is 177 cm³/mol. The van der Waals surface area contributed by atoms with Gasteiger partial charge in [0.1, 0.15) is 0 Å². The zero-order valence-corrected chi connectivity index (χ0v) is 27.5. The van der Waals surface area contributed by atoms with Crippen LogP contribution in [-0.4, -0.2) is 9.97 Å². The van der Waals surface area contributed by atoms with E-state index in [1.165, 1.54) is 57.1 Å². The molecule has 7 rings (SSSR count). The lowest BCUT2D eigenvalue weighted by atomic mass is 9.82. The number of fused-ring (bicyclic) bond motifs is 11. The normalized spacial score (nSPS) is 19.7. The zero-order valence-electron chi connectivity index (χ0n) is 25.8. The third kappa shape index (κ3) is 3.81. The maximum atomic E-state index is 4.01. The first kappa shape index (κ1) is 27.1. The van der Waals surface area contributed by atoms with Crippen molar-refractivity contribution in [2.75, 3.05) is 0 Å². The van der Waals surface area contributed by atoms with Gasteiger partial charge in [-0.25, -0.2) is 0 Å². The molecule has 0 atom stereocenters. The van der Waals surface area contributed by atoms with Crippen molar-refractivity contribution in [3.8, 4) is 5.30 Å². The number of benzene rings is 1. The molecule has 5 heterocycles. The van der Waals surface area contributed by atoms with Crippen molar-refractivity contribution >= 4 is 18.9 Å². The van der Waals surface area contributed by atoms with Gasteiger partial charge in [0.2, 0.25) is 0 Å². The molecule has 2 nitrogen and oxygen atoms in total. The molecule has 1 aromatic carbocycles. The zero-order chi connectivity index (χ0) is 28.9. The van der Waals surface area contributed by atoms with Gasteiger partial charge in [0, 0.05) is 54.2 Å². The van der Waals surface area contributed by atoms with Crippen molar-refractivity contribution < 1.29 is 0 Å². The van der Waals surface area contributed by atoms with Crippen LogP contribution >= 0.6 is 18.9 Å². The van der Waals surface area contributed by atoms with E-state index in [-0.39, 0.29) is 21.7 Å². The Balaban J connectivity index is 1.59. The van der Waals surface area contributed by atoms with E-state index in [1.54, 1.807) is 21.7 Å². The summed E-state index contributed by atoms with van der Waals surface area (Å²) >= 11 is 1.96. The van der Waals surface area contributed by atoms with Gasteiger partial charge in [-0.3, -0.25) is 0 Å². The fourth-order valence-corrected chi connectivity index (χ4v) is 12.4. The Hall–Kier alpha value is -2.74. The molecule has 2 N–H and O–H groups in total. The summed E-state index contributed by atoms with van der Waals surface area (Å²) < 4.78 is 0. The van der Waals surface area contributed by atoms with Crippen molar-refractivity contribution in [1.29, 1.82) is 0 Å². The molecule has 0 fully saturated rings. The van der Waals surface area contributed by atoms with E-state index in [4.69, 9.17) is 0 Å². The summed E-state index contributed by atoms with van der Waals surface area (Å²) in [4.78, 5) is 10.8. The first-order chi connectivity index (χ1) is 19.3. The summed E-state index contributed by atoms with van der Waals surface area (Å²) in [6.07, 6.45) is 3.64.